The van der Waals surface area contributed by atoms with E-state index >= 15 is 0 Å². The van der Waals surface area contributed by atoms with Crippen LogP contribution in [0.2, 0.25) is 0 Å². The Morgan fingerprint density at radius 2 is 1.84 bits per heavy atom. The molecular weight excluding hydrogens is 324 g/mol. The van der Waals surface area contributed by atoms with E-state index in [1.165, 1.54) is 18.7 Å². The molecule has 0 bridgehead atoms. The standard InChI is InChI=1S/C18H25N2O5/c1-6-18(4,15-10-8-7-9-11-15)20(5)17(23)25-14(3)24-16(22)12-19-13(2)21/h7-11,14H,4,6,12H2,1-3,5H3,(H,19,21)/t14?,18-/m0/s1. The number of rotatable bonds is 7. The second-order valence-electron chi connectivity index (χ2n) is 5.66. The lowest BCUT2D eigenvalue weighted by Gasteiger charge is -2.38. The van der Waals surface area contributed by atoms with Crippen molar-refractivity contribution >= 4 is 18.0 Å². The predicted octanol–water partition coefficient (Wildman–Crippen LogP) is 2.22. The van der Waals surface area contributed by atoms with Gasteiger partial charge < -0.3 is 19.7 Å². The molecular formula is C18H25N2O5. The quantitative estimate of drug-likeness (QED) is 0.603. The van der Waals surface area contributed by atoms with Gasteiger partial charge in [-0.15, -0.1) is 0 Å². The molecule has 2 atom stereocenters. The van der Waals surface area contributed by atoms with Crippen molar-refractivity contribution in [3.63, 3.8) is 0 Å². The number of carbonyl (C=O) groups is 3. The minimum atomic E-state index is -1.09. The molecule has 1 unspecified atom stereocenters. The molecule has 7 heteroatoms. The maximum atomic E-state index is 12.4. The van der Waals surface area contributed by atoms with Gasteiger partial charge in [-0.25, -0.2) is 4.79 Å². The Kier molecular flexibility index (Phi) is 7.42. The zero-order valence-electron chi connectivity index (χ0n) is 15.1. The molecule has 0 aliphatic heterocycles. The van der Waals surface area contributed by atoms with E-state index < -0.39 is 23.9 Å². The van der Waals surface area contributed by atoms with Crippen molar-refractivity contribution in [2.45, 2.75) is 39.0 Å². The molecule has 0 saturated heterocycles. The molecule has 1 rings (SSSR count). The number of nitrogens with one attached hydrogen (secondary N) is 1. The Bertz CT molecular complexity index is 605. The Balaban J connectivity index is 2.68. The van der Waals surface area contributed by atoms with E-state index in [-0.39, 0.29) is 12.5 Å². The van der Waals surface area contributed by atoms with Crippen LogP contribution in [0, 0.1) is 6.92 Å². The first kappa shape index (κ1) is 20.5. The number of benzene rings is 1. The molecule has 0 saturated carbocycles. The molecule has 0 aliphatic carbocycles. The van der Waals surface area contributed by atoms with E-state index in [1.54, 1.807) is 7.05 Å². The highest BCUT2D eigenvalue weighted by atomic mass is 16.7. The van der Waals surface area contributed by atoms with Crippen molar-refractivity contribution in [1.82, 2.24) is 10.2 Å². The fourth-order valence-electron chi connectivity index (χ4n) is 2.23. The zero-order valence-corrected chi connectivity index (χ0v) is 15.1. The van der Waals surface area contributed by atoms with Crippen LogP contribution in [0.4, 0.5) is 4.79 Å². The van der Waals surface area contributed by atoms with Crippen LogP contribution >= 0.6 is 0 Å². The van der Waals surface area contributed by atoms with Gasteiger partial charge in [0.1, 0.15) is 6.54 Å². The summed E-state index contributed by atoms with van der Waals surface area (Å²) >= 11 is 0. The molecule has 0 fully saturated rings. The van der Waals surface area contributed by atoms with Crippen LogP contribution < -0.4 is 5.32 Å². The fourth-order valence-corrected chi connectivity index (χ4v) is 2.23. The number of amides is 2. The van der Waals surface area contributed by atoms with Gasteiger partial charge in [-0.1, -0.05) is 37.3 Å². The van der Waals surface area contributed by atoms with Crippen LogP contribution in [0.25, 0.3) is 0 Å². The van der Waals surface area contributed by atoms with Gasteiger partial charge in [0.05, 0.1) is 5.54 Å². The van der Waals surface area contributed by atoms with Gasteiger partial charge in [-0.3, -0.25) is 9.59 Å². The van der Waals surface area contributed by atoms with Gasteiger partial charge in [0.15, 0.2) is 0 Å². The molecule has 1 N–H and O–H groups in total. The molecule has 0 spiro atoms. The second-order valence-corrected chi connectivity index (χ2v) is 5.66. The van der Waals surface area contributed by atoms with Crippen LogP contribution in [-0.4, -0.2) is 42.8 Å². The SMILES string of the molecule is [CH2][C@](CC)(c1ccccc1)N(C)C(=O)OC(C)OC(=O)CNC(C)=O. The van der Waals surface area contributed by atoms with Crippen molar-refractivity contribution in [2.24, 2.45) is 0 Å². The molecule has 0 aliphatic rings. The number of nitrogens with zero attached hydrogens (tertiary/aromatic N) is 1. The molecule has 0 heterocycles. The van der Waals surface area contributed by atoms with Crippen LogP contribution in [0.15, 0.2) is 30.3 Å². The summed E-state index contributed by atoms with van der Waals surface area (Å²) in [6, 6.07) is 9.40. The Morgan fingerprint density at radius 3 is 2.36 bits per heavy atom. The highest BCUT2D eigenvalue weighted by Gasteiger charge is 2.34. The van der Waals surface area contributed by atoms with Crippen molar-refractivity contribution in [3.8, 4) is 0 Å². The van der Waals surface area contributed by atoms with Gasteiger partial charge in [0.2, 0.25) is 12.2 Å². The molecule has 2 amide bonds. The third-order valence-corrected chi connectivity index (χ3v) is 3.86. The summed E-state index contributed by atoms with van der Waals surface area (Å²) in [5.74, 6) is -1.05. The van der Waals surface area contributed by atoms with E-state index in [2.05, 4.69) is 12.2 Å². The Morgan fingerprint density at radius 1 is 1.24 bits per heavy atom. The van der Waals surface area contributed by atoms with E-state index in [9.17, 15) is 14.4 Å². The van der Waals surface area contributed by atoms with Gasteiger partial charge in [0.25, 0.3) is 0 Å². The topological polar surface area (TPSA) is 84.9 Å². The highest BCUT2D eigenvalue weighted by molar-refractivity contribution is 5.80. The summed E-state index contributed by atoms with van der Waals surface area (Å²) in [7, 11) is 1.58. The lowest BCUT2D eigenvalue weighted by molar-refractivity contribution is -0.166. The Labute approximate surface area is 148 Å². The third kappa shape index (κ3) is 5.77. The molecule has 0 aromatic heterocycles. The van der Waals surface area contributed by atoms with Crippen molar-refractivity contribution in [2.75, 3.05) is 13.6 Å². The van der Waals surface area contributed by atoms with Gasteiger partial charge in [-0.05, 0) is 18.9 Å². The van der Waals surface area contributed by atoms with Crippen molar-refractivity contribution < 1.29 is 23.9 Å². The largest absolute Gasteiger partial charge is 0.424 e. The monoisotopic (exact) mass is 349 g/mol. The van der Waals surface area contributed by atoms with Gasteiger partial charge in [0, 0.05) is 20.9 Å². The van der Waals surface area contributed by atoms with Crippen molar-refractivity contribution in [1.29, 1.82) is 0 Å². The minimum absolute atomic E-state index is 0.286. The van der Waals surface area contributed by atoms with Crippen LogP contribution in [0.1, 0.15) is 32.8 Å². The average molecular weight is 349 g/mol. The van der Waals surface area contributed by atoms with Crippen molar-refractivity contribution in [3.05, 3.63) is 42.8 Å². The summed E-state index contributed by atoms with van der Waals surface area (Å²) in [5, 5.41) is 2.31. The van der Waals surface area contributed by atoms with Gasteiger partial charge >= 0.3 is 12.1 Å². The molecule has 1 aromatic rings. The lowest BCUT2D eigenvalue weighted by Crippen LogP contribution is -2.46. The summed E-state index contributed by atoms with van der Waals surface area (Å²) in [4.78, 5) is 36.0. The third-order valence-electron chi connectivity index (χ3n) is 3.86. The normalized spacial score (nSPS) is 14.0. The first-order valence-electron chi connectivity index (χ1n) is 8.00. The number of hydrogen-bond acceptors (Lipinski definition) is 5. The summed E-state index contributed by atoms with van der Waals surface area (Å²) < 4.78 is 10.1. The van der Waals surface area contributed by atoms with E-state index in [0.29, 0.717) is 6.42 Å². The molecule has 1 aromatic carbocycles. The van der Waals surface area contributed by atoms with E-state index in [1.807, 2.05) is 37.3 Å². The summed E-state index contributed by atoms with van der Waals surface area (Å²) in [6.45, 7) is 8.51. The van der Waals surface area contributed by atoms with Crippen LogP contribution in [0.5, 0.6) is 0 Å². The summed E-state index contributed by atoms with van der Waals surface area (Å²) in [6.07, 6.45) is -1.19. The molecule has 137 valence electrons. The fraction of sp³-hybridized carbons (Fsp3) is 0.444. The second kappa shape index (κ2) is 9.05. The van der Waals surface area contributed by atoms with E-state index in [0.717, 1.165) is 5.56 Å². The smallest absolute Gasteiger partial charge is 0.413 e. The average Bonchev–Trinajstić information content (AvgIpc) is 2.59. The summed E-state index contributed by atoms with van der Waals surface area (Å²) in [5.41, 5.74) is 0.0605. The van der Waals surface area contributed by atoms with Gasteiger partial charge in [-0.2, -0.15) is 0 Å². The number of esters is 1. The van der Waals surface area contributed by atoms with Crippen LogP contribution in [-0.2, 0) is 24.6 Å². The molecule has 25 heavy (non-hydrogen) atoms. The lowest BCUT2D eigenvalue weighted by atomic mass is 9.88. The predicted molar refractivity (Wildman–Crippen MR) is 92.2 cm³/mol. The number of ether oxygens (including phenoxy) is 2. The van der Waals surface area contributed by atoms with E-state index in [4.69, 9.17) is 9.47 Å². The zero-order chi connectivity index (χ0) is 19.0. The molecule has 1 radical (unpaired) electrons. The number of carbonyl (C=O) groups excluding carboxylic acids is 3. The maximum Gasteiger partial charge on any atom is 0.413 e. The van der Waals surface area contributed by atoms with Crippen LogP contribution in [0.3, 0.4) is 0 Å². The number of hydrogen-bond donors (Lipinski definition) is 1. The minimum Gasteiger partial charge on any atom is -0.424 e. The first-order chi connectivity index (χ1) is 11.7. The highest BCUT2D eigenvalue weighted by Crippen LogP contribution is 2.30. The molecule has 7 nitrogen and oxygen atoms in total. The maximum absolute atomic E-state index is 12.4. The first-order valence-corrected chi connectivity index (χ1v) is 8.00. The Hall–Kier alpha value is -2.57.